The van der Waals surface area contributed by atoms with Crippen LogP contribution in [0.2, 0.25) is 0 Å². The summed E-state index contributed by atoms with van der Waals surface area (Å²) in [5.74, 6) is 0.863. The molecule has 1 aromatic carbocycles. The normalized spacial score (nSPS) is 26.5. The lowest BCUT2D eigenvalue weighted by atomic mass is 9.89. The molecule has 15 heavy (non-hydrogen) atoms. The molecular weight excluding hydrogens is 182 g/mol. The molecule has 1 saturated heterocycles. The van der Waals surface area contributed by atoms with E-state index in [1.54, 1.807) is 0 Å². The van der Waals surface area contributed by atoms with E-state index in [9.17, 15) is 0 Å². The highest BCUT2D eigenvalue weighted by Gasteiger charge is 2.19. The molecule has 1 nitrogen and oxygen atoms in total. The Hall–Kier alpha value is -0.820. The van der Waals surface area contributed by atoms with Gasteiger partial charge in [-0.15, -0.1) is 0 Å². The number of aryl methyl sites for hydroxylation is 1. The second-order valence-corrected chi connectivity index (χ2v) is 4.73. The fourth-order valence-corrected chi connectivity index (χ4v) is 2.39. The van der Waals surface area contributed by atoms with Crippen molar-refractivity contribution in [2.24, 2.45) is 5.92 Å². The van der Waals surface area contributed by atoms with Gasteiger partial charge in [0.15, 0.2) is 0 Å². The van der Waals surface area contributed by atoms with Gasteiger partial charge in [0.05, 0.1) is 0 Å². The van der Waals surface area contributed by atoms with Crippen molar-refractivity contribution in [2.75, 3.05) is 6.54 Å². The lowest BCUT2D eigenvalue weighted by Crippen LogP contribution is -2.30. The Kier molecular flexibility index (Phi) is 3.42. The van der Waals surface area contributed by atoms with E-state index >= 15 is 0 Å². The molecule has 1 heteroatoms. The van der Waals surface area contributed by atoms with Crippen LogP contribution in [0.4, 0.5) is 0 Å². The zero-order valence-electron chi connectivity index (χ0n) is 9.79. The lowest BCUT2D eigenvalue weighted by molar-refractivity contribution is 0.325. The van der Waals surface area contributed by atoms with Crippen molar-refractivity contribution < 1.29 is 0 Å². The van der Waals surface area contributed by atoms with Crippen LogP contribution in [-0.4, -0.2) is 6.54 Å². The Bertz CT molecular complexity index is 319. The molecule has 1 fully saturated rings. The smallest absolute Gasteiger partial charge is 0.0322 e. The molecule has 0 aromatic heterocycles. The van der Waals surface area contributed by atoms with Crippen LogP contribution < -0.4 is 5.32 Å². The van der Waals surface area contributed by atoms with E-state index in [0.29, 0.717) is 6.04 Å². The third kappa shape index (κ3) is 2.60. The fourth-order valence-electron chi connectivity index (χ4n) is 2.39. The third-order valence-electron chi connectivity index (χ3n) is 3.43. The van der Waals surface area contributed by atoms with E-state index in [0.717, 1.165) is 12.3 Å². The van der Waals surface area contributed by atoms with Crippen LogP contribution in [0.25, 0.3) is 0 Å². The molecule has 1 aromatic rings. The van der Waals surface area contributed by atoms with Gasteiger partial charge in [-0.05, 0) is 42.9 Å². The van der Waals surface area contributed by atoms with E-state index in [2.05, 4.69) is 43.4 Å². The molecule has 1 heterocycles. The number of hydrogen-bond donors (Lipinski definition) is 1. The number of piperidine rings is 1. The second-order valence-electron chi connectivity index (χ2n) is 4.73. The average molecular weight is 203 g/mol. The summed E-state index contributed by atoms with van der Waals surface area (Å²) in [5, 5.41) is 3.62. The topological polar surface area (TPSA) is 12.0 Å². The highest BCUT2D eigenvalue weighted by molar-refractivity contribution is 5.26. The molecule has 0 bridgehead atoms. The van der Waals surface area contributed by atoms with Crippen LogP contribution in [0.15, 0.2) is 24.3 Å². The van der Waals surface area contributed by atoms with Gasteiger partial charge >= 0.3 is 0 Å². The number of hydrogen-bond acceptors (Lipinski definition) is 1. The summed E-state index contributed by atoms with van der Waals surface area (Å²) in [6.45, 7) is 5.75. The van der Waals surface area contributed by atoms with Gasteiger partial charge in [0.1, 0.15) is 0 Å². The predicted octanol–water partition coefficient (Wildman–Crippen LogP) is 3.31. The first-order chi connectivity index (χ1) is 7.29. The van der Waals surface area contributed by atoms with Gasteiger partial charge in [-0.2, -0.15) is 0 Å². The van der Waals surface area contributed by atoms with E-state index in [1.165, 1.54) is 30.5 Å². The van der Waals surface area contributed by atoms with Crippen LogP contribution in [0.3, 0.4) is 0 Å². The predicted molar refractivity (Wildman–Crippen MR) is 65.0 cm³/mol. The summed E-state index contributed by atoms with van der Waals surface area (Å²) < 4.78 is 0. The Balaban J connectivity index is 2.13. The maximum atomic E-state index is 3.62. The van der Waals surface area contributed by atoms with Crippen LogP contribution in [-0.2, 0) is 6.42 Å². The Morgan fingerprint density at radius 2 is 2.27 bits per heavy atom. The SMILES string of the molecule is CCc1cccc(C2CC(C)CCN2)c1. The van der Waals surface area contributed by atoms with E-state index in [-0.39, 0.29) is 0 Å². The van der Waals surface area contributed by atoms with Crippen molar-refractivity contribution in [2.45, 2.75) is 39.2 Å². The molecule has 0 amide bonds. The molecule has 1 aliphatic heterocycles. The first-order valence-corrected chi connectivity index (χ1v) is 6.12. The number of benzene rings is 1. The fraction of sp³-hybridized carbons (Fsp3) is 0.571. The van der Waals surface area contributed by atoms with Crippen LogP contribution in [0, 0.1) is 5.92 Å². The minimum absolute atomic E-state index is 0.584. The zero-order chi connectivity index (χ0) is 10.7. The van der Waals surface area contributed by atoms with Gasteiger partial charge in [-0.25, -0.2) is 0 Å². The highest BCUT2D eigenvalue weighted by Crippen LogP contribution is 2.27. The first kappa shape index (κ1) is 10.7. The molecule has 2 rings (SSSR count). The van der Waals surface area contributed by atoms with Gasteiger partial charge in [-0.3, -0.25) is 0 Å². The summed E-state index contributed by atoms with van der Waals surface area (Å²) in [6, 6.07) is 9.61. The van der Waals surface area contributed by atoms with Gasteiger partial charge in [0.25, 0.3) is 0 Å². The Morgan fingerprint density at radius 1 is 1.40 bits per heavy atom. The minimum atomic E-state index is 0.584. The van der Waals surface area contributed by atoms with Crippen LogP contribution in [0.5, 0.6) is 0 Å². The van der Waals surface area contributed by atoms with E-state index in [4.69, 9.17) is 0 Å². The van der Waals surface area contributed by atoms with Gasteiger partial charge in [0, 0.05) is 6.04 Å². The maximum absolute atomic E-state index is 3.62. The molecule has 2 atom stereocenters. The van der Waals surface area contributed by atoms with Crippen LogP contribution in [0.1, 0.15) is 43.9 Å². The largest absolute Gasteiger partial charge is 0.310 e. The van der Waals surface area contributed by atoms with Crippen molar-refractivity contribution in [1.29, 1.82) is 0 Å². The minimum Gasteiger partial charge on any atom is -0.310 e. The standard InChI is InChI=1S/C14H21N/c1-3-12-5-4-6-13(10-12)14-9-11(2)7-8-15-14/h4-6,10-11,14-15H,3,7-9H2,1-2H3. The lowest BCUT2D eigenvalue weighted by Gasteiger charge is -2.28. The second kappa shape index (κ2) is 4.80. The zero-order valence-corrected chi connectivity index (χ0v) is 9.79. The van der Waals surface area contributed by atoms with Crippen molar-refractivity contribution >= 4 is 0 Å². The molecule has 1 N–H and O–H groups in total. The van der Waals surface area contributed by atoms with Gasteiger partial charge in [-0.1, -0.05) is 38.1 Å². The van der Waals surface area contributed by atoms with Crippen molar-refractivity contribution in [3.05, 3.63) is 35.4 Å². The molecule has 0 saturated carbocycles. The van der Waals surface area contributed by atoms with Crippen molar-refractivity contribution in [3.63, 3.8) is 0 Å². The first-order valence-electron chi connectivity index (χ1n) is 6.12. The number of nitrogens with one attached hydrogen (secondary N) is 1. The molecule has 0 radical (unpaired) electrons. The maximum Gasteiger partial charge on any atom is 0.0322 e. The summed E-state index contributed by atoms with van der Waals surface area (Å²) in [4.78, 5) is 0. The molecule has 0 aliphatic carbocycles. The summed E-state index contributed by atoms with van der Waals surface area (Å²) in [7, 11) is 0. The average Bonchev–Trinajstić information content (AvgIpc) is 2.29. The molecule has 82 valence electrons. The van der Waals surface area contributed by atoms with Crippen molar-refractivity contribution in [1.82, 2.24) is 5.32 Å². The van der Waals surface area contributed by atoms with Crippen LogP contribution >= 0.6 is 0 Å². The third-order valence-corrected chi connectivity index (χ3v) is 3.43. The molecule has 0 spiro atoms. The summed E-state index contributed by atoms with van der Waals surface area (Å²) in [5.41, 5.74) is 2.92. The number of rotatable bonds is 2. The quantitative estimate of drug-likeness (QED) is 0.777. The van der Waals surface area contributed by atoms with Gasteiger partial charge < -0.3 is 5.32 Å². The van der Waals surface area contributed by atoms with E-state index in [1.807, 2.05) is 0 Å². The molecule has 1 aliphatic rings. The van der Waals surface area contributed by atoms with E-state index < -0.39 is 0 Å². The van der Waals surface area contributed by atoms with Gasteiger partial charge in [0.2, 0.25) is 0 Å². The molecular formula is C14H21N. The monoisotopic (exact) mass is 203 g/mol. The molecule has 2 unspecified atom stereocenters. The van der Waals surface area contributed by atoms with Crippen molar-refractivity contribution in [3.8, 4) is 0 Å². The highest BCUT2D eigenvalue weighted by atomic mass is 14.9. The Morgan fingerprint density at radius 3 is 3.00 bits per heavy atom. The summed E-state index contributed by atoms with van der Waals surface area (Å²) >= 11 is 0. The summed E-state index contributed by atoms with van der Waals surface area (Å²) in [6.07, 6.45) is 3.74. The Labute approximate surface area is 92.9 Å².